The number of aromatic amines is 1. The van der Waals surface area contributed by atoms with E-state index in [2.05, 4.69) is 18.8 Å². The first-order valence-corrected chi connectivity index (χ1v) is 8.97. The average molecular weight is 366 g/mol. The molecular weight excluding hydrogens is 340 g/mol. The Morgan fingerprint density at radius 1 is 1.00 bits per heavy atom. The molecule has 0 aliphatic carbocycles. The van der Waals surface area contributed by atoms with E-state index >= 15 is 0 Å². The third kappa shape index (κ3) is 3.37. The van der Waals surface area contributed by atoms with Gasteiger partial charge >= 0.3 is 0 Å². The van der Waals surface area contributed by atoms with Crippen LogP contribution in [-0.4, -0.2) is 44.1 Å². The second kappa shape index (κ2) is 7.35. The Labute approximate surface area is 159 Å². The van der Waals surface area contributed by atoms with Crippen LogP contribution in [0.2, 0.25) is 0 Å². The van der Waals surface area contributed by atoms with Crippen LogP contribution < -0.4 is 9.47 Å². The van der Waals surface area contributed by atoms with Gasteiger partial charge < -0.3 is 19.4 Å². The number of nitrogens with one attached hydrogen (secondary N) is 1. The zero-order chi connectivity index (χ0) is 19.7. The third-order valence-electron chi connectivity index (χ3n) is 4.74. The molecule has 1 amide bonds. The maximum Gasteiger partial charge on any atom is 0.253 e. The van der Waals surface area contributed by atoms with E-state index in [4.69, 9.17) is 9.47 Å². The molecular formula is C22H26N2O3. The minimum atomic E-state index is 0.000438. The van der Waals surface area contributed by atoms with Crippen molar-refractivity contribution in [2.24, 2.45) is 0 Å². The number of ether oxygens (including phenoxy) is 2. The van der Waals surface area contributed by atoms with Gasteiger partial charge in [0.2, 0.25) is 0 Å². The van der Waals surface area contributed by atoms with Gasteiger partial charge in [-0.1, -0.05) is 13.8 Å². The number of carbonyl (C=O) groups is 1. The molecule has 5 heteroatoms. The molecule has 0 unspecified atom stereocenters. The molecule has 0 spiro atoms. The second-order valence-corrected chi connectivity index (χ2v) is 7.10. The lowest BCUT2D eigenvalue weighted by molar-refractivity contribution is 0.0828. The molecule has 1 heterocycles. The maximum absolute atomic E-state index is 12.4. The zero-order valence-corrected chi connectivity index (χ0v) is 16.7. The van der Waals surface area contributed by atoms with Crippen LogP contribution in [0.3, 0.4) is 0 Å². The summed E-state index contributed by atoms with van der Waals surface area (Å²) in [5, 5.41) is 1.07. The van der Waals surface area contributed by atoms with Gasteiger partial charge in [0.25, 0.3) is 5.91 Å². The number of carbonyl (C=O) groups excluding carboxylic acids is 1. The highest BCUT2D eigenvalue weighted by Gasteiger charge is 2.19. The van der Waals surface area contributed by atoms with Crippen LogP contribution in [-0.2, 0) is 0 Å². The van der Waals surface area contributed by atoms with Crippen molar-refractivity contribution < 1.29 is 14.3 Å². The van der Waals surface area contributed by atoms with Crippen molar-refractivity contribution in [2.75, 3.05) is 28.3 Å². The third-order valence-corrected chi connectivity index (χ3v) is 4.74. The number of aromatic nitrogens is 1. The molecule has 27 heavy (non-hydrogen) atoms. The van der Waals surface area contributed by atoms with Crippen molar-refractivity contribution in [1.29, 1.82) is 0 Å². The van der Waals surface area contributed by atoms with Gasteiger partial charge in [0.05, 0.1) is 19.9 Å². The van der Waals surface area contributed by atoms with Gasteiger partial charge in [-0.3, -0.25) is 4.79 Å². The van der Waals surface area contributed by atoms with Gasteiger partial charge in [-0.05, 0) is 47.9 Å². The Morgan fingerprint density at radius 2 is 1.70 bits per heavy atom. The molecule has 5 nitrogen and oxygen atoms in total. The summed E-state index contributed by atoms with van der Waals surface area (Å²) in [6.45, 7) is 4.32. The topological polar surface area (TPSA) is 54.6 Å². The quantitative estimate of drug-likeness (QED) is 0.713. The van der Waals surface area contributed by atoms with Crippen molar-refractivity contribution in [3.05, 3.63) is 47.5 Å². The Bertz CT molecular complexity index is 987. The normalized spacial score (nSPS) is 11.1. The van der Waals surface area contributed by atoms with Crippen molar-refractivity contribution in [2.45, 2.75) is 19.8 Å². The second-order valence-electron chi connectivity index (χ2n) is 7.10. The van der Waals surface area contributed by atoms with E-state index < -0.39 is 0 Å². The van der Waals surface area contributed by atoms with Crippen LogP contribution in [0.1, 0.15) is 35.7 Å². The highest BCUT2D eigenvalue weighted by molar-refractivity contribution is 6.00. The smallest absolute Gasteiger partial charge is 0.253 e. The first-order chi connectivity index (χ1) is 12.9. The lowest BCUT2D eigenvalue weighted by Gasteiger charge is -2.13. The van der Waals surface area contributed by atoms with Crippen molar-refractivity contribution >= 4 is 16.8 Å². The fourth-order valence-corrected chi connectivity index (χ4v) is 3.42. The van der Waals surface area contributed by atoms with Crippen LogP contribution >= 0.6 is 0 Å². The lowest BCUT2D eigenvalue weighted by atomic mass is 9.95. The SMILES string of the molecule is COc1ccc(-c2[nH]c3ccc(C(=O)N(C)C)cc3c2C(C)C)cc1OC. The molecule has 2 aromatic carbocycles. The van der Waals surface area contributed by atoms with E-state index in [9.17, 15) is 4.79 Å². The zero-order valence-electron chi connectivity index (χ0n) is 16.7. The Hall–Kier alpha value is -2.95. The number of hydrogen-bond acceptors (Lipinski definition) is 3. The first kappa shape index (κ1) is 18.8. The minimum absolute atomic E-state index is 0.000438. The largest absolute Gasteiger partial charge is 0.493 e. The maximum atomic E-state index is 12.4. The summed E-state index contributed by atoms with van der Waals surface area (Å²) in [5.41, 5.74) is 4.94. The van der Waals surface area contributed by atoms with Crippen molar-refractivity contribution in [1.82, 2.24) is 9.88 Å². The van der Waals surface area contributed by atoms with E-state index in [0.717, 1.165) is 22.2 Å². The number of amides is 1. The number of hydrogen-bond donors (Lipinski definition) is 1. The van der Waals surface area contributed by atoms with Crippen LogP contribution in [0, 0.1) is 0 Å². The fourth-order valence-electron chi connectivity index (χ4n) is 3.42. The molecule has 0 saturated heterocycles. The molecule has 142 valence electrons. The minimum Gasteiger partial charge on any atom is -0.493 e. The number of rotatable bonds is 5. The predicted molar refractivity (Wildman–Crippen MR) is 109 cm³/mol. The molecule has 0 aliphatic rings. The molecule has 3 rings (SSSR count). The molecule has 0 atom stereocenters. The van der Waals surface area contributed by atoms with Gasteiger partial charge in [-0.25, -0.2) is 0 Å². The summed E-state index contributed by atoms with van der Waals surface area (Å²) < 4.78 is 10.8. The van der Waals surface area contributed by atoms with E-state index in [0.29, 0.717) is 17.1 Å². The highest BCUT2D eigenvalue weighted by Crippen LogP contribution is 2.39. The van der Waals surface area contributed by atoms with Crippen molar-refractivity contribution in [3.63, 3.8) is 0 Å². The van der Waals surface area contributed by atoms with E-state index in [1.165, 1.54) is 5.56 Å². The summed E-state index contributed by atoms with van der Waals surface area (Å²) in [7, 11) is 6.79. The lowest BCUT2D eigenvalue weighted by Crippen LogP contribution is -2.21. The van der Waals surface area contributed by atoms with Gasteiger partial charge in [0.15, 0.2) is 11.5 Å². The van der Waals surface area contributed by atoms with E-state index in [1.54, 1.807) is 33.2 Å². The van der Waals surface area contributed by atoms with Gasteiger partial charge in [-0.15, -0.1) is 0 Å². The summed E-state index contributed by atoms with van der Waals surface area (Å²) in [4.78, 5) is 17.5. The van der Waals surface area contributed by atoms with Crippen LogP contribution in [0.4, 0.5) is 0 Å². The van der Waals surface area contributed by atoms with Crippen LogP contribution in [0.15, 0.2) is 36.4 Å². The highest BCUT2D eigenvalue weighted by atomic mass is 16.5. The van der Waals surface area contributed by atoms with Crippen LogP contribution in [0.25, 0.3) is 22.2 Å². The summed E-state index contributed by atoms with van der Waals surface area (Å²) in [6, 6.07) is 11.7. The van der Waals surface area contributed by atoms with E-state index in [-0.39, 0.29) is 11.8 Å². The Morgan fingerprint density at radius 3 is 2.30 bits per heavy atom. The summed E-state index contributed by atoms with van der Waals surface area (Å²) in [6.07, 6.45) is 0. The molecule has 1 N–H and O–H groups in total. The number of nitrogens with zero attached hydrogens (tertiary/aromatic N) is 1. The molecule has 1 aromatic heterocycles. The number of methoxy groups -OCH3 is 2. The monoisotopic (exact) mass is 366 g/mol. The average Bonchev–Trinajstić information content (AvgIpc) is 3.05. The number of H-pyrrole nitrogens is 1. The Balaban J connectivity index is 2.22. The van der Waals surface area contributed by atoms with Gasteiger partial charge in [-0.2, -0.15) is 0 Å². The summed E-state index contributed by atoms with van der Waals surface area (Å²) in [5.74, 6) is 1.67. The van der Waals surface area contributed by atoms with Gasteiger partial charge in [0.1, 0.15) is 0 Å². The molecule has 0 bridgehead atoms. The molecule has 3 aromatic rings. The van der Waals surface area contributed by atoms with E-state index in [1.807, 2.05) is 36.4 Å². The molecule has 0 saturated carbocycles. The fraction of sp³-hybridized carbons (Fsp3) is 0.318. The number of benzene rings is 2. The number of fused-ring (bicyclic) bond motifs is 1. The molecule has 0 aliphatic heterocycles. The molecule has 0 fully saturated rings. The predicted octanol–water partition coefficient (Wildman–Crippen LogP) is 4.68. The molecule has 0 radical (unpaired) electrons. The van der Waals surface area contributed by atoms with Gasteiger partial charge in [0, 0.05) is 36.1 Å². The Kier molecular flexibility index (Phi) is 5.13. The first-order valence-electron chi connectivity index (χ1n) is 8.97. The standard InChI is InChI=1S/C22H26N2O3/c1-13(2)20-16-11-15(22(25)24(3)4)7-9-17(16)23-21(20)14-8-10-18(26-5)19(12-14)27-6/h7-13,23H,1-6H3. The van der Waals surface area contributed by atoms with Crippen molar-refractivity contribution in [3.8, 4) is 22.8 Å². The van der Waals surface area contributed by atoms with Crippen LogP contribution in [0.5, 0.6) is 11.5 Å². The summed E-state index contributed by atoms with van der Waals surface area (Å²) >= 11 is 0.